The van der Waals surface area contributed by atoms with Crippen molar-refractivity contribution in [3.8, 4) is 0 Å². The van der Waals surface area contributed by atoms with Gasteiger partial charge < -0.3 is 0 Å². The third kappa shape index (κ3) is 5.05. The summed E-state index contributed by atoms with van der Waals surface area (Å²) in [7, 11) is 0. The topological polar surface area (TPSA) is 0 Å². The van der Waals surface area contributed by atoms with Crippen LogP contribution in [0.1, 0.15) is 0 Å². The Morgan fingerprint density at radius 2 is 1.80 bits per heavy atom. The highest BCUT2D eigenvalue weighted by atomic mass is 32.2. The first-order chi connectivity index (χ1) is 2.27. The van der Waals surface area contributed by atoms with Crippen LogP contribution in [0.25, 0.3) is 0 Å². The van der Waals surface area contributed by atoms with Gasteiger partial charge in [-0.3, -0.25) is 0 Å². The minimum atomic E-state index is 0.190. The maximum absolute atomic E-state index is 3.93. The molecule has 0 saturated heterocycles. The van der Waals surface area contributed by atoms with Crippen LogP contribution in [0.15, 0.2) is 0 Å². The third-order valence-electron chi connectivity index (χ3n) is 0.211. The van der Waals surface area contributed by atoms with E-state index in [0.717, 1.165) is 0 Å². The number of thiol groups is 2. The zero-order valence-electron chi connectivity index (χ0n) is 2.88. The van der Waals surface area contributed by atoms with Crippen molar-refractivity contribution in [1.29, 1.82) is 0 Å². The largest absolute Gasteiger partial charge is 0.154 e. The molecule has 0 N–H and O–H groups in total. The number of hydrogen-bond acceptors (Lipinski definition) is 3. The molecule has 0 unspecified atom stereocenters. The Kier molecular flexibility index (Phi) is 3.93. The van der Waals surface area contributed by atoms with Crippen LogP contribution in [0.4, 0.5) is 0 Å². The van der Waals surface area contributed by atoms with Crippen LogP contribution in [-0.2, 0) is 0 Å². The molecule has 0 atom stereocenters. The summed E-state index contributed by atoms with van der Waals surface area (Å²) in [5.41, 5.74) is 0. The first kappa shape index (κ1) is 6.05. The smallest absolute Gasteiger partial charge is 0.0896 e. The lowest BCUT2D eigenvalue weighted by Gasteiger charge is -1.89. The van der Waals surface area contributed by atoms with E-state index < -0.39 is 0 Å². The molecule has 0 fully saturated rings. The standard InChI is InChI=1S/C2H6S3/c1-5-2(3)4/h2-4H,1H3. The van der Waals surface area contributed by atoms with Crippen LogP contribution in [0, 0.1) is 0 Å². The lowest BCUT2D eigenvalue weighted by Crippen LogP contribution is -1.67. The lowest BCUT2D eigenvalue weighted by atomic mass is 11.8. The Hall–Kier alpha value is 1.05. The highest BCUT2D eigenvalue weighted by molar-refractivity contribution is 8.22. The van der Waals surface area contributed by atoms with Gasteiger partial charge in [-0.15, -0.1) is 11.8 Å². The number of hydrogen-bond donors (Lipinski definition) is 2. The van der Waals surface area contributed by atoms with Crippen molar-refractivity contribution in [3.63, 3.8) is 0 Å². The van der Waals surface area contributed by atoms with Gasteiger partial charge in [0.2, 0.25) is 0 Å². The molecule has 0 heterocycles. The average molecular weight is 126 g/mol. The van der Waals surface area contributed by atoms with Gasteiger partial charge >= 0.3 is 0 Å². The molecule has 0 aliphatic carbocycles. The summed E-state index contributed by atoms with van der Waals surface area (Å²) in [5.74, 6) is 0. The molecular formula is C2H6S3. The molecular weight excluding hydrogens is 120 g/mol. The predicted molar refractivity (Wildman–Crippen MR) is 35.3 cm³/mol. The average Bonchev–Trinajstić information content (AvgIpc) is 1.38. The molecule has 0 nitrogen and oxygen atoms in total. The minimum absolute atomic E-state index is 0.190. The zero-order chi connectivity index (χ0) is 4.28. The van der Waals surface area contributed by atoms with Crippen LogP contribution in [0.5, 0.6) is 0 Å². The van der Waals surface area contributed by atoms with E-state index in [0.29, 0.717) is 0 Å². The molecule has 5 heavy (non-hydrogen) atoms. The zero-order valence-corrected chi connectivity index (χ0v) is 5.49. The fraction of sp³-hybridized carbons (Fsp3) is 1.00. The predicted octanol–water partition coefficient (Wildman–Crippen LogP) is 1.49. The number of thioether (sulfide) groups is 1. The lowest BCUT2D eigenvalue weighted by molar-refractivity contribution is 2.11. The third-order valence-corrected chi connectivity index (χ3v) is 1.90. The van der Waals surface area contributed by atoms with E-state index in [1.165, 1.54) is 0 Å². The van der Waals surface area contributed by atoms with E-state index in [1.54, 1.807) is 11.8 Å². The van der Waals surface area contributed by atoms with Crippen LogP contribution in [-0.4, -0.2) is 10.2 Å². The van der Waals surface area contributed by atoms with Crippen molar-refractivity contribution in [2.24, 2.45) is 0 Å². The van der Waals surface area contributed by atoms with E-state index in [4.69, 9.17) is 0 Å². The first-order valence-corrected chi connectivity index (χ1v) is 3.48. The van der Waals surface area contributed by atoms with Gasteiger partial charge in [0.25, 0.3) is 0 Å². The molecule has 0 aliphatic heterocycles. The maximum Gasteiger partial charge on any atom is 0.0896 e. The fourth-order valence-corrected chi connectivity index (χ4v) is 0. The molecule has 0 radical (unpaired) electrons. The second-order valence-electron chi connectivity index (χ2n) is 0.562. The summed E-state index contributed by atoms with van der Waals surface area (Å²) in [6.45, 7) is 0. The summed E-state index contributed by atoms with van der Waals surface area (Å²) < 4.78 is 0.190. The molecule has 0 spiro atoms. The van der Waals surface area contributed by atoms with Crippen LogP contribution >= 0.6 is 37.0 Å². The molecule has 0 amide bonds. The summed E-state index contributed by atoms with van der Waals surface area (Å²) in [6, 6.07) is 0. The summed E-state index contributed by atoms with van der Waals surface area (Å²) in [5, 5.41) is 0. The van der Waals surface area contributed by atoms with E-state index >= 15 is 0 Å². The van der Waals surface area contributed by atoms with E-state index in [2.05, 4.69) is 25.3 Å². The Balaban J connectivity index is 2.54. The molecule has 3 heteroatoms. The van der Waals surface area contributed by atoms with Gasteiger partial charge in [0.05, 0.1) is 3.91 Å². The van der Waals surface area contributed by atoms with Crippen molar-refractivity contribution in [3.05, 3.63) is 0 Å². The SMILES string of the molecule is CSC(S)S. The van der Waals surface area contributed by atoms with Gasteiger partial charge in [-0.05, 0) is 6.26 Å². The molecule has 0 rings (SSSR count). The van der Waals surface area contributed by atoms with Crippen LogP contribution in [0.3, 0.4) is 0 Å². The second-order valence-corrected chi connectivity index (χ2v) is 3.64. The van der Waals surface area contributed by atoms with E-state index in [1.807, 2.05) is 6.26 Å². The Morgan fingerprint density at radius 1 is 1.60 bits per heavy atom. The van der Waals surface area contributed by atoms with Gasteiger partial charge in [0.1, 0.15) is 0 Å². The fourth-order valence-electron chi connectivity index (χ4n) is 0. The Labute approximate surface area is 47.5 Å². The van der Waals surface area contributed by atoms with Crippen molar-refractivity contribution in [2.75, 3.05) is 6.26 Å². The normalized spacial score (nSPS) is 9.60. The Bertz CT molecular complexity index is 18.9. The highest BCUT2D eigenvalue weighted by Crippen LogP contribution is 2.12. The number of rotatable bonds is 1. The molecule has 0 aromatic carbocycles. The Morgan fingerprint density at radius 3 is 1.80 bits per heavy atom. The van der Waals surface area contributed by atoms with Crippen molar-refractivity contribution in [1.82, 2.24) is 0 Å². The maximum atomic E-state index is 3.93. The summed E-state index contributed by atoms with van der Waals surface area (Å²) in [6.07, 6.45) is 1.96. The molecule has 0 aromatic heterocycles. The minimum Gasteiger partial charge on any atom is -0.154 e. The first-order valence-electron chi connectivity index (χ1n) is 1.16. The molecule has 0 aliphatic rings. The van der Waals surface area contributed by atoms with Crippen molar-refractivity contribution in [2.45, 2.75) is 3.91 Å². The quantitative estimate of drug-likeness (QED) is 0.396. The van der Waals surface area contributed by atoms with Gasteiger partial charge in [-0.1, -0.05) is 0 Å². The van der Waals surface area contributed by atoms with Gasteiger partial charge in [-0.2, -0.15) is 25.3 Å². The van der Waals surface area contributed by atoms with Gasteiger partial charge in [0.15, 0.2) is 0 Å². The van der Waals surface area contributed by atoms with Crippen molar-refractivity contribution >= 4 is 37.0 Å². The molecule has 32 valence electrons. The second kappa shape index (κ2) is 3.25. The monoisotopic (exact) mass is 126 g/mol. The van der Waals surface area contributed by atoms with Crippen molar-refractivity contribution < 1.29 is 0 Å². The van der Waals surface area contributed by atoms with Crippen LogP contribution in [0.2, 0.25) is 0 Å². The molecule has 0 aromatic rings. The summed E-state index contributed by atoms with van der Waals surface area (Å²) in [4.78, 5) is 0. The summed E-state index contributed by atoms with van der Waals surface area (Å²) >= 11 is 9.46. The molecule has 0 bridgehead atoms. The van der Waals surface area contributed by atoms with Crippen LogP contribution < -0.4 is 0 Å². The highest BCUT2D eigenvalue weighted by Gasteiger charge is 1.82. The van der Waals surface area contributed by atoms with Gasteiger partial charge in [-0.25, -0.2) is 0 Å². The van der Waals surface area contributed by atoms with Gasteiger partial charge in [0, 0.05) is 0 Å². The molecule has 0 saturated carbocycles. The van der Waals surface area contributed by atoms with E-state index in [-0.39, 0.29) is 3.91 Å². The van der Waals surface area contributed by atoms with E-state index in [9.17, 15) is 0 Å².